The number of carbonyl (C=O) groups is 1. The summed E-state index contributed by atoms with van der Waals surface area (Å²) in [4.78, 5) is 12.3. The van der Waals surface area contributed by atoms with Crippen LogP contribution in [0.1, 0.15) is 42.2 Å². The quantitative estimate of drug-likeness (QED) is 0.922. The monoisotopic (exact) mass is 281 g/mol. The van der Waals surface area contributed by atoms with E-state index in [1.165, 1.54) is 17.9 Å². The van der Waals surface area contributed by atoms with E-state index in [2.05, 4.69) is 10.4 Å². The lowest BCUT2D eigenvalue weighted by Gasteiger charge is -2.31. The van der Waals surface area contributed by atoms with Crippen LogP contribution in [0.15, 0.2) is 30.5 Å². The van der Waals surface area contributed by atoms with Gasteiger partial charge in [0.15, 0.2) is 0 Å². The van der Waals surface area contributed by atoms with Crippen LogP contribution >= 0.6 is 0 Å². The molecule has 0 spiro atoms. The second-order valence-corrected chi connectivity index (χ2v) is 4.86. The van der Waals surface area contributed by atoms with Crippen molar-refractivity contribution in [1.29, 1.82) is 0 Å². The van der Waals surface area contributed by atoms with Crippen LogP contribution < -0.4 is 5.32 Å². The van der Waals surface area contributed by atoms with E-state index >= 15 is 0 Å². The Bertz CT molecular complexity index is 563. The molecule has 20 heavy (non-hydrogen) atoms. The molecule has 6 heteroatoms. The minimum absolute atomic E-state index is 0.0710. The smallest absolute Gasteiger partial charge is 0.282 e. The van der Waals surface area contributed by atoms with E-state index < -0.39 is 23.6 Å². The van der Waals surface area contributed by atoms with Crippen molar-refractivity contribution in [2.24, 2.45) is 7.05 Å². The number of allylic oxidation sites excluding steroid dienone is 2. The maximum absolute atomic E-state index is 12.9. The Morgan fingerprint density at radius 3 is 2.85 bits per heavy atom. The van der Waals surface area contributed by atoms with Gasteiger partial charge in [-0.1, -0.05) is 31.2 Å². The van der Waals surface area contributed by atoms with Crippen LogP contribution in [0.3, 0.4) is 0 Å². The number of rotatable bonds is 4. The van der Waals surface area contributed by atoms with Gasteiger partial charge >= 0.3 is 0 Å². The van der Waals surface area contributed by atoms with E-state index in [0.29, 0.717) is 12.8 Å². The zero-order valence-electron chi connectivity index (χ0n) is 11.4. The van der Waals surface area contributed by atoms with Gasteiger partial charge in [-0.05, 0) is 12.8 Å². The van der Waals surface area contributed by atoms with Crippen LogP contribution in [0.4, 0.5) is 8.78 Å². The maximum Gasteiger partial charge on any atom is 0.282 e. The third kappa shape index (κ3) is 2.79. The Kier molecular flexibility index (Phi) is 4.01. The van der Waals surface area contributed by atoms with E-state index in [9.17, 15) is 13.6 Å². The fraction of sp³-hybridized carbons (Fsp3) is 0.429. The standard InChI is InChI=1S/C14H17F2N3O/c1-3-14(7-5-4-6-8-14)17-13(20)10-9-19(2)18-11(10)12(15)16/h4-7,9,12H,3,8H2,1-2H3,(H,17,20)/t14-/m1/s1. The number of hydrogen-bond acceptors (Lipinski definition) is 2. The van der Waals surface area contributed by atoms with Gasteiger partial charge in [-0.25, -0.2) is 8.78 Å². The van der Waals surface area contributed by atoms with Gasteiger partial charge in [0.25, 0.3) is 12.3 Å². The lowest BCUT2D eigenvalue weighted by atomic mass is 9.88. The van der Waals surface area contributed by atoms with Gasteiger partial charge in [-0.15, -0.1) is 0 Å². The normalized spacial score (nSPS) is 21.4. The van der Waals surface area contributed by atoms with E-state index in [0.717, 1.165) is 0 Å². The van der Waals surface area contributed by atoms with Crippen LogP contribution in [-0.2, 0) is 7.05 Å². The topological polar surface area (TPSA) is 46.9 Å². The van der Waals surface area contributed by atoms with Gasteiger partial charge in [-0.3, -0.25) is 9.48 Å². The van der Waals surface area contributed by atoms with E-state index in [4.69, 9.17) is 0 Å². The summed E-state index contributed by atoms with van der Waals surface area (Å²) in [6, 6.07) is 0. The number of halogens is 2. The Morgan fingerprint density at radius 2 is 2.30 bits per heavy atom. The molecule has 2 rings (SSSR count). The van der Waals surface area contributed by atoms with Gasteiger partial charge in [0.05, 0.1) is 11.1 Å². The average Bonchev–Trinajstić information content (AvgIpc) is 2.82. The Balaban J connectivity index is 2.24. The van der Waals surface area contributed by atoms with Crippen LogP contribution in [0.25, 0.3) is 0 Å². The van der Waals surface area contributed by atoms with Crippen LogP contribution in [0.2, 0.25) is 0 Å². The highest BCUT2D eigenvalue weighted by molar-refractivity contribution is 5.95. The first-order valence-electron chi connectivity index (χ1n) is 6.46. The number of aryl methyl sites for hydroxylation is 1. The third-order valence-electron chi connectivity index (χ3n) is 3.45. The van der Waals surface area contributed by atoms with Crippen LogP contribution in [0.5, 0.6) is 0 Å². The lowest BCUT2D eigenvalue weighted by Crippen LogP contribution is -2.46. The predicted molar refractivity (Wildman–Crippen MR) is 71.6 cm³/mol. The summed E-state index contributed by atoms with van der Waals surface area (Å²) < 4.78 is 27.0. The molecule has 0 aliphatic heterocycles. The average molecular weight is 281 g/mol. The zero-order valence-corrected chi connectivity index (χ0v) is 11.4. The van der Waals surface area contributed by atoms with Gasteiger partial charge < -0.3 is 5.32 Å². The molecular formula is C14H17F2N3O. The zero-order chi connectivity index (χ0) is 14.8. The molecule has 0 aromatic carbocycles. The highest BCUT2D eigenvalue weighted by Gasteiger charge is 2.30. The summed E-state index contributed by atoms with van der Waals surface area (Å²) in [7, 11) is 1.52. The minimum atomic E-state index is -2.77. The van der Waals surface area contributed by atoms with Crippen molar-refractivity contribution in [2.45, 2.75) is 31.7 Å². The van der Waals surface area contributed by atoms with Crippen molar-refractivity contribution in [3.8, 4) is 0 Å². The summed E-state index contributed by atoms with van der Waals surface area (Å²) in [6.07, 6.45) is 7.47. The summed E-state index contributed by atoms with van der Waals surface area (Å²) >= 11 is 0. The molecule has 4 nitrogen and oxygen atoms in total. The molecule has 1 heterocycles. The summed E-state index contributed by atoms with van der Waals surface area (Å²) in [5.74, 6) is -0.518. The van der Waals surface area contributed by atoms with Crippen LogP contribution in [0, 0.1) is 0 Å². The second kappa shape index (κ2) is 5.56. The molecule has 0 unspecified atom stereocenters. The summed E-state index contributed by atoms with van der Waals surface area (Å²) in [6.45, 7) is 1.95. The molecule has 0 bridgehead atoms. The van der Waals surface area contributed by atoms with Crippen molar-refractivity contribution in [2.75, 3.05) is 0 Å². The van der Waals surface area contributed by atoms with Crippen molar-refractivity contribution in [1.82, 2.24) is 15.1 Å². The van der Waals surface area contributed by atoms with Crippen LogP contribution in [-0.4, -0.2) is 21.2 Å². The fourth-order valence-electron chi connectivity index (χ4n) is 2.24. The summed E-state index contributed by atoms with van der Waals surface area (Å²) in [5.41, 5.74) is -1.06. The number of carbonyl (C=O) groups excluding carboxylic acids is 1. The molecule has 1 amide bonds. The van der Waals surface area contributed by atoms with E-state index in [-0.39, 0.29) is 5.56 Å². The molecule has 1 N–H and O–H groups in total. The molecule has 0 saturated heterocycles. The molecule has 0 fully saturated rings. The number of hydrogen-bond donors (Lipinski definition) is 1. The fourth-order valence-corrected chi connectivity index (χ4v) is 2.24. The number of aromatic nitrogens is 2. The largest absolute Gasteiger partial charge is 0.343 e. The molecular weight excluding hydrogens is 264 g/mol. The molecule has 0 radical (unpaired) electrons. The number of amides is 1. The first-order valence-corrected chi connectivity index (χ1v) is 6.46. The highest BCUT2D eigenvalue weighted by Crippen LogP contribution is 2.25. The molecule has 1 aromatic rings. The van der Waals surface area contributed by atoms with Crippen molar-refractivity contribution < 1.29 is 13.6 Å². The molecule has 108 valence electrons. The first kappa shape index (κ1) is 14.4. The molecule has 0 saturated carbocycles. The molecule has 1 aromatic heterocycles. The van der Waals surface area contributed by atoms with Gasteiger partial charge in [0.2, 0.25) is 0 Å². The number of nitrogens with one attached hydrogen (secondary N) is 1. The second-order valence-electron chi connectivity index (χ2n) is 4.86. The number of nitrogens with zero attached hydrogens (tertiary/aromatic N) is 2. The van der Waals surface area contributed by atoms with Gasteiger partial charge in [0, 0.05) is 13.2 Å². The Labute approximate surface area is 116 Å². The van der Waals surface area contributed by atoms with Crippen molar-refractivity contribution in [3.05, 3.63) is 41.8 Å². The molecule has 1 aliphatic rings. The Morgan fingerprint density at radius 1 is 1.55 bits per heavy atom. The predicted octanol–water partition coefficient (Wildman–Crippen LogP) is 2.75. The van der Waals surface area contributed by atoms with Crippen molar-refractivity contribution in [3.63, 3.8) is 0 Å². The maximum atomic E-state index is 12.9. The first-order chi connectivity index (χ1) is 9.47. The third-order valence-corrected chi connectivity index (χ3v) is 3.45. The SMILES string of the molecule is CC[C@@]1(NC(=O)c2cn(C)nc2C(F)F)C=CC=CC1. The lowest BCUT2D eigenvalue weighted by molar-refractivity contribution is 0.0901. The van der Waals surface area contributed by atoms with E-state index in [1.807, 2.05) is 31.2 Å². The summed E-state index contributed by atoms with van der Waals surface area (Å²) in [5, 5.41) is 6.49. The van der Waals surface area contributed by atoms with E-state index in [1.54, 1.807) is 0 Å². The minimum Gasteiger partial charge on any atom is -0.343 e. The van der Waals surface area contributed by atoms with Gasteiger partial charge in [-0.2, -0.15) is 5.10 Å². The Hall–Kier alpha value is -1.98. The highest BCUT2D eigenvalue weighted by atomic mass is 19.3. The van der Waals surface area contributed by atoms with Gasteiger partial charge in [0.1, 0.15) is 5.69 Å². The molecule has 1 atom stereocenters. The number of alkyl halides is 2. The molecule has 1 aliphatic carbocycles. The van der Waals surface area contributed by atoms with Crippen molar-refractivity contribution >= 4 is 5.91 Å².